The van der Waals surface area contributed by atoms with Gasteiger partial charge in [0.05, 0.1) is 5.69 Å². The molecule has 2 aromatic rings. The minimum absolute atomic E-state index is 0.227. The number of thiazole rings is 1. The third-order valence-corrected chi connectivity index (χ3v) is 4.23. The van der Waals surface area contributed by atoms with Crippen molar-refractivity contribution in [2.45, 2.75) is 18.8 Å². The second-order valence-electron chi connectivity index (χ2n) is 3.98. The van der Waals surface area contributed by atoms with Crippen LogP contribution in [-0.2, 0) is 0 Å². The lowest BCUT2D eigenvalue weighted by atomic mass is 10.2. The third-order valence-electron chi connectivity index (χ3n) is 2.68. The Bertz CT molecular complexity index is 534. The highest BCUT2D eigenvalue weighted by molar-refractivity contribution is 9.10. The summed E-state index contributed by atoms with van der Waals surface area (Å²) in [5.41, 5.74) is 2.16. The molecule has 82 valence electrons. The molecule has 1 aromatic carbocycles. The maximum Gasteiger partial charge on any atom is 0.124 e. The molecule has 0 spiro atoms. The van der Waals surface area contributed by atoms with Crippen LogP contribution in [0.5, 0.6) is 0 Å². The van der Waals surface area contributed by atoms with Crippen molar-refractivity contribution < 1.29 is 4.39 Å². The molecule has 0 aliphatic heterocycles. The number of hydrogen-bond acceptors (Lipinski definition) is 2. The van der Waals surface area contributed by atoms with Gasteiger partial charge in [-0.2, -0.15) is 0 Å². The molecular formula is C12H9BrFNS. The molecule has 1 aliphatic rings. The molecular weight excluding hydrogens is 289 g/mol. The van der Waals surface area contributed by atoms with E-state index in [1.54, 1.807) is 17.4 Å². The van der Waals surface area contributed by atoms with Gasteiger partial charge in [0, 0.05) is 21.3 Å². The van der Waals surface area contributed by atoms with E-state index in [0.717, 1.165) is 15.0 Å². The van der Waals surface area contributed by atoms with Gasteiger partial charge in [0.2, 0.25) is 0 Å². The Morgan fingerprint density at radius 3 is 2.88 bits per heavy atom. The topological polar surface area (TPSA) is 12.9 Å². The predicted molar refractivity (Wildman–Crippen MR) is 67.2 cm³/mol. The lowest BCUT2D eigenvalue weighted by Crippen LogP contribution is -1.83. The van der Waals surface area contributed by atoms with E-state index in [-0.39, 0.29) is 5.82 Å². The molecule has 1 fully saturated rings. The zero-order chi connectivity index (χ0) is 11.1. The van der Waals surface area contributed by atoms with Crippen molar-refractivity contribution in [3.05, 3.63) is 39.6 Å². The lowest BCUT2D eigenvalue weighted by Gasteiger charge is -2.00. The summed E-state index contributed by atoms with van der Waals surface area (Å²) in [7, 11) is 0. The molecule has 0 atom stereocenters. The van der Waals surface area contributed by atoms with Gasteiger partial charge in [-0.25, -0.2) is 9.37 Å². The smallest absolute Gasteiger partial charge is 0.124 e. The summed E-state index contributed by atoms with van der Waals surface area (Å²) in [6.07, 6.45) is 2.52. The van der Waals surface area contributed by atoms with Crippen LogP contribution < -0.4 is 0 Å². The van der Waals surface area contributed by atoms with Crippen LogP contribution in [0.25, 0.3) is 10.6 Å². The van der Waals surface area contributed by atoms with Crippen LogP contribution in [0.4, 0.5) is 4.39 Å². The van der Waals surface area contributed by atoms with Crippen molar-refractivity contribution in [1.29, 1.82) is 0 Å². The quantitative estimate of drug-likeness (QED) is 0.790. The average molecular weight is 298 g/mol. The monoisotopic (exact) mass is 297 g/mol. The fraction of sp³-hybridized carbons (Fsp3) is 0.250. The van der Waals surface area contributed by atoms with Gasteiger partial charge in [-0.05, 0) is 47.0 Å². The van der Waals surface area contributed by atoms with Crippen LogP contribution in [-0.4, -0.2) is 4.98 Å². The van der Waals surface area contributed by atoms with Gasteiger partial charge in [0.25, 0.3) is 0 Å². The first-order valence-corrected chi connectivity index (χ1v) is 6.82. The zero-order valence-electron chi connectivity index (χ0n) is 8.41. The highest BCUT2D eigenvalue weighted by Crippen LogP contribution is 2.42. The summed E-state index contributed by atoms with van der Waals surface area (Å²) in [5, 5.41) is 3.08. The van der Waals surface area contributed by atoms with Crippen LogP contribution in [0.2, 0.25) is 0 Å². The van der Waals surface area contributed by atoms with E-state index in [2.05, 4.69) is 26.3 Å². The number of benzene rings is 1. The largest absolute Gasteiger partial charge is 0.241 e. The van der Waals surface area contributed by atoms with E-state index < -0.39 is 0 Å². The normalized spacial score (nSPS) is 15.4. The molecule has 0 amide bonds. The number of nitrogens with zero attached hydrogens (tertiary/aromatic N) is 1. The van der Waals surface area contributed by atoms with Crippen molar-refractivity contribution in [3.8, 4) is 10.6 Å². The van der Waals surface area contributed by atoms with Gasteiger partial charge in [0.15, 0.2) is 0 Å². The maximum absolute atomic E-state index is 13.0. The Morgan fingerprint density at radius 1 is 1.38 bits per heavy atom. The van der Waals surface area contributed by atoms with Crippen molar-refractivity contribution in [2.75, 3.05) is 0 Å². The van der Waals surface area contributed by atoms with Crippen molar-refractivity contribution in [3.63, 3.8) is 0 Å². The second-order valence-corrected chi connectivity index (χ2v) is 5.69. The number of halogens is 2. The van der Waals surface area contributed by atoms with Crippen molar-refractivity contribution in [2.24, 2.45) is 0 Å². The summed E-state index contributed by atoms with van der Waals surface area (Å²) in [6.45, 7) is 0. The van der Waals surface area contributed by atoms with Crippen molar-refractivity contribution in [1.82, 2.24) is 4.98 Å². The van der Waals surface area contributed by atoms with Crippen LogP contribution in [0.1, 0.15) is 24.5 Å². The van der Waals surface area contributed by atoms with E-state index in [4.69, 9.17) is 0 Å². The van der Waals surface area contributed by atoms with E-state index in [9.17, 15) is 4.39 Å². The average Bonchev–Trinajstić information content (AvgIpc) is 2.98. The molecule has 0 bridgehead atoms. The minimum atomic E-state index is -0.227. The highest BCUT2D eigenvalue weighted by atomic mass is 79.9. The molecule has 0 N–H and O–H groups in total. The first kappa shape index (κ1) is 10.4. The van der Waals surface area contributed by atoms with Gasteiger partial charge in [0.1, 0.15) is 10.8 Å². The Kier molecular flexibility index (Phi) is 2.56. The summed E-state index contributed by atoms with van der Waals surface area (Å²) in [5.74, 6) is 0.443. The van der Waals surface area contributed by atoms with E-state index in [1.165, 1.54) is 30.7 Å². The number of hydrogen-bond donors (Lipinski definition) is 0. The van der Waals surface area contributed by atoms with Gasteiger partial charge in [-0.1, -0.05) is 0 Å². The zero-order valence-corrected chi connectivity index (χ0v) is 10.8. The van der Waals surface area contributed by atoms with Crippen LogP contribution >= 0.6 is 27.3 Å². The second kappa shape index (κ2) is 3.93. The summed E-state index contributed by atoms with van der Waals surface area (Å²) >= 11 is 5.00. The molecule has 1 saturated carbocycles. The van der Waals surface area contributed by atoms with E-state index in [1.807, 2.05) is 0 Å². The van der Waals surface area contributed by atoms with Gasteiger partial charge in [-0.3, -0.25) is 0 Å². The number of aromatic nitrogens is 1. The molecule has 4 heteroatoms. The first-order chi connectivity index (χ1) is 7.74. The predicted octanol–water partition coefficient (Wildman–Crippen LogP) is 4.59. The first-order valence-electron chi connectivity index (χ1n) is 5.15. The number of rotatable bonds is 2. The molecule has 1 nitrogen and oxygen atoms in total. The van der Waals surface area contributed by atoms with Crippen molar-refractivity contribution >= 4 is 27.3 Å². The molecule has 1 heterocycles. The SMILES string of the molecule is Fc1ccc(-c2nc(C3CC3)cs2)c(Br)c1. The molecule has 3 rings (SSSR count). The van der Waals surface area contributed by atoms with Crippen LogP contribution in [0.3, 0.4) is 0 Å². The molecule has 1 aromatic heterocycles. The Hall–Kier alpha value is -0.740. The fourth-order valence-electron chi connectivity index (χ4n) is 1.64. The van der Waals surface area contributed by atoms with Gasteiger partial charge >= 0.3 is 0 Å². The molecule has 0 radical (unpaired) electrons. The summed E-state index contributed by atoms with van der Waals surface area (Å²) < 4.78 is 13.7. The maximum atomic E-state index is 13.0. The molecule has 16 heavy (non-hydrogen) atoms. The molecule has 0 saturated heterocycles. The Labute approximate surface area is 105 Å². The lowest BCUT2D eigenvalue weighted by molar-refractivity contribution is 0.627. The summed E-state index contributed by atoms with van der Waals surface area (Å²) in [6, 6.07) is 4.72. The molecule has 0 unspecified atom stereocenters. The standard InChI is InChI=1S/C12H9BrFNS/c13-10-5-8(14)3-4-9(10)12-15-11(6-16-12)7-1-2-7/h3-7H,1-2H2. The Morgan fingerprint density at radius 2 is 2.19 bits per heavy atom. The van der Waals surface area contributed by atoms with Gasteiger partial charge < -0.3 is 0 Å². The summed E-state index contributed by atoms with van der Waals surface area (Å²) in [4.78, 5) is 4.60. The van der Waals surface area contributed by atoms with Gasteiger partial charge in [-0.15, -0.1) is 11.3 Å². The Balaban J connectivity index is 2.00. The highest BCUT2D eigenvalue weighted by Gasteiger charge is 2.26. The van der Waals surface area contributed by atoms with E-state index in [0.29, 0.717) is 5.92 Å². The fourth-order valence-corrected chi connectivity index (χ4v) is 3.25. The third kappa shape index (κ3) is 1.92. The molecule has 1 aliphatic carbocycles. The van der Waals surface area contributed by atoms with Crippen LogP contribution in [0, 0.1) is 5.82 Å². The van der Waals surface area contributed by atoms with E-state index >= 15 is 0 Å². The minimum Gasteiger partial charge on any atom is -0.241 e. The van der Waals surface area contributed by atoms with Crippen LogP contribution in [0.15, 0.2) is 28.1 Å².